The highest BCUT2D eigenvalue weighted by Crippen LogP contribution is 2.58. The fourth-order valence-corrected chi connectivity index (χ4v) is 5.20. The third kappa shape index (κ3) is 2.98. The van der Waals surface area contributed by atoms with E-state index in [-0.39, 0.29) is 5.54 Å². The fraction of sp³-hybridized carbons (Fsp3) is 0.810. The third-order valence-corrected chi connectivity index (χ3v) is 7.03. The molecular weight excluding hydrogens is 322 g/mol. The summed E-state index contributed by atoms with van der Waals surface area (Å²) in [6.45, 7) is 12.7. The first-order valence-electron chi connectivity index (χ1n) is 10.4. The molecule has 1 aromatic rings. The molecule has 4 rings (SSSR count). The highest BCUT2D eigenvalue weighted by Gasteiger charge is 2.67. The predicted octanol–water partition coefficient (Wildman–Crippen LogP) is 2.52. The number of aromatic nitrogens is 2. The molecule has 0 N–H and O–H groups in total. The molecule has 3 aliphatic heterocycles. The van der Waals surface area contributed by atoms with E-state index in [0.29, 0.717) is 12.1 Å². The Bertz CT molecular complexity index is 610. The van der Waals surface area contributed by atoms with Crippen molar-refractivity contribution in [2.45, 2.75) is 83.1 Å². The van der Waals surface area contributed by atoms with Gasteiger partial charge in [0, 0.05) is 49.7 Å². The summed E-state index contributed by atoms with van der Waals surface area (Å²) in [5, 5.41) is 0. The molecule has 0 saturated carbocycles. The van der Waals surface area contributed by atoms with Crippen LogP contribution < -0.4 is 0 Å². The lowest BCUT2D eigenvalue weighted by Gasteiger charge is -2.73. The highest BCUT2D eigenvalue weighted by atomic mass is 15.5. The summed E-state index contributed by atoms with van der Waals surface area (Å²) in [6, 6.07) is 2.72. The van der Waals surface area contributed by atoms with Gasteiger partial charge >= 0.3 is 0 Å². The van der Waals surface area contributed by atoms with E-state index in [0.717, 1.165) is 30.9 Å². The molecule has 0 amide bonds. The molecule has 26 heavy (non-hydrogen) atoms. The first-order valence-corrected chi connectivity index (χ1v) is 10.4. The Hall–Kier alpha value is -1.04. The average Bonchev–Trinajstić information content (AvgIpc) is 2.56. The second kappa shape index (κ2) is 6.84. The molecule has 0 aromatic carbocycles. The van der Waals surface area contributed by atoms with Crippen LogP contribution >= 0.6 is 0 Å². The minimum atomic E-state index is 0.175. The van der Waals surface area contributed by atoms with Crippen LogP contribution in [0.2, 0.25) is 0 Å². The minimum Gasteiger partial charge on any atom is -0.304 e. The lowest BCUT2D eigenvalue weighted by molar-refractivity contribution is -0.245. The molecule has 144 valence electrons. The van der Waals surface area contributed by atoms with Gasteiger partial charge in [-0.25, -0.2) is 9.97 Å². The van der Waals surface area contributed by atoms with Gasteiger partial charge in [-0.1, -0.05) is 0 Å². The summed E-state index contributed by atoms with van der Waals surface area (Å²) >= 11 is 0. The summed E-state index contributed by atoms with van der Waals surface area (Å²) in [5.41, 5.74) is 1.45. The molecule has 2 unspecified atom stereocenters. The Morgan fingerprint density at radius 1 is 1.12 bits per heavy atom. The van der Waals surface area contributed by atoms with E-state index >= 15 is 0 Å². The standard InChI is InChI=1S/C21H35N5/c1-15(2)24(5)8-6-7-17-11-22-20(23-12-17)21-9-18-13-25(16(3)4)14-19(10-21)26(18)21/h11-12,15-16,18-19H,6-10,13-14H2,1-5H3. The van der Waals surface area contributed by atoms with Crippen LogP contribution in [0, 0.1) is 0 Å². The van der Waals surface area contributed by atoms with Crippen molar-refractivity contribution in [2.75, 3.05) is 26.7 Å². The molecule has 1 aromatic heterocycles. The van der Waals surface area contributed by atoms with E-state index in [2.05, 4.69) is 61.8 Å². The van der Waals surface area contributed by atoms with E-state index in [1.165, 1.54) is 37.9 Å². The largest absolute Gasteiger partial charge is 0.304 e. The van der Waals surface area contributed by atoms with Gasteiger partial charge in [-0.15, -0.1) is 0 Å². The van der Waals surface area contributed by atoms with Crippen molar-refractivity contribution in [3.63, 3.8) is 0 Å². The number of hydrogen-bond donors (Lipinski definition) is 0. The molecule has 0 radical (unpaired) electrons. The number of piperidine rings is 1. The molecule has 5 nitrogen and oxygen atoms in total. The maximum Gasteiger partial charge on any atom is 0.148 e. The molecule has 4 heterocycles. The van der Waals surface area contributed by atoms with E-state index in [1.54, 1.807) is 0 Å². The fourth-order valence-electron chi connectivity index (χ4n) is 5.20. The summed E-state index contributed by atoms with van der Waals surface area (Å²) in [7, 11) is 2.20. The van der Waals surface area contributed by atoms with Gasteiger partial charge in [0.25, 0.3) is 0 Å². The number of nitrogens with zero attached hydrogens (tertiary/aromatic N) is 5. The molecule has 2 atom stereocenters. The smallest absolute Gasteiger partial charge is 0.148 e. The zero-order valence-corrected chi connectivity index (χ0v) is 17.1. The topological polar surface area (TPSA) is 35.5 Å². The maximum atomic E-state index is 4.81. The predicted molar refractivity (Wildman–Crippen MR) is 105 cm³/mol. The number of rotatable bonds is 7. The molecule has 0 aliphatic carbocycles. The molecule has 0 bridgehead atoms. The summed E-state index contributed by atoms with van der Waals surface area (Å²) in [5.74, 6) is 1.08. The summed E-state index contributed by atoms with van der Waals surface area (Å²) < 4.78 is 0. The molecule has 3 fully saturated rings. The first kappa shape index (κ1) is 18.3. The molecule has 3 saturated heterocycles. The quantitative estimate of drug-likeness (QED) is 0.749. The van der Waals surface area contributed by atoms with Crippen LogP contribution in [0.15, 0.2) is 12.4 Å². The van der Waals surface area contributed by atoms with E-state index in [9.17, 15) is 0 Å². The van der Waals surface area contributed by atoms with Crippen molar-refractivity contribution < 1.29 is 0 Å². The van der Waals surface area contributed by atoms with Crippen LogP contribution in [0.3, 0.4) is 0 Å². The van der Waals surface area contributed by atoms with Crippen LogP contribution in [-0.2, 0) is 12.0 Å². The van der Waals surface area contributed by atoms with Crippen molar-refractivity contribution in [3.8, 4) is 0 Å². The van der Waals surface area contributed by atoms with Gasteiger partial charge in [-0.05, 0) is 72.5 Å². The Balaban J connectivity index is 1.33. The lowest BCUT2D eigenvalue weighted by Crippen LogP contribution is -2.83. The van der Waals surface area contributed by atoms with Crippen molar-refractivity contribution in [1.82, 2.24) is 24.7 Å². The summed E-state index contributed by atoms with van der Waals surface area (Å²) in [6.07, 6.45) is 8.89. The van der Waals surface area contributed by atoms with Gasteiger partial charge in [0.1, 0.15) is 5.82 Å². The molecule has 3 aliphatic rings. The van der Waals surface area contributed by atoms with E-state index in [4.69, 9.17) is 9.97 Å². The monoisotopic (exact) mass is 357 g/mol. The van der Waals surface area contributed by atoms with Gasteiger partial charge in [0.2, 0.25) is 0 Å². The first-order chi connectivity index (χ1) is 12.4. The van der Waals surface area contributed by atoms with E-state index < -0.39 is 0 Å². The van der Waals surface area contributed by atoms with Crippen molar-refractivity contribution in [3.05, 3.63) is 23.8 Å². The van der Waals surface area contributed by atoms with Crippen LogP contribution in [0.25, 0.3) is 0 Å². The Morgan fingerprint density at radius 3 is 2.27 bits per heavy atom. The number of hydrogen-bond acceptors (Lipinski definition) is 5. The SMILES string of the molecule is CC(C)N(C)CCCc1cnc(C23CC4CN(C(C)C)CC(C2)N43)nc1. The van der Waals surface area contributed by atoms with Gasteiger partial charge < -0.3 is 4.90 Å². The number of piperazine rings is 1. The summed E-state index contributed by atoms with van der Waals surface area (Å²) in [4.78, 5) is 17.4. The van der Waals surface area contributed by atoms with Gasteiger partial charge in [-0.2, -0.15) is 0 Å². The molecular formula is C21H35N5. The Labute approximate surface area is 158 Å². The van der Waals surface area contributed by atoms with Crippen LogP contribution in [0.1, 0.15) is 58.3 Å². The average molecular weight is 358 g/mol. The molecule has 0 spiro atoms. The second-order valence-electron chi connectivity index (χ2n) is 9.30. The van der Waals surface area contributed by atoms with Gasteiger partial charge in [0.15, 0.2) is 0 Å². The number of aryl methyl sites for hydroxylation is 1. The zero-order chi connectivity index (χ0) is 18.5. The zero-order valence-electron chi connectivity index (χ0n) is 17.1. The van der Waals surface area contributed by atoms with Crippen molar-refractivity contribution in [1.29, 1.82) is 0 Å². The second-order valence-corrected chi connectivity index (χ2v) is 9.30. The van der Waals surface area contributed by atoms with Gasteiger partial charge in [-0.3, -0.25) is 9.80 Å². The highest BCUT2D eigenvalue weighted by molar-refractivity contribution is 5.27. The Morgan fingerprint density at radius 2 is 1.73 bits per heavy atom. The van der Waals surface area contributed by atoms with Crippen LogP contribution in [-0.4, -0.2) is 75.5 Å². The van der Waals surface area contributed by atoms with Crippen molar-refractivity contribution in [2.24, 2.45) is 0 Å². The van der Waals surface area contributed by atoms with Crippen molar-refractivity contribution >= 4 is 0 Å². The molecule has 5 heteroatoms. The third-order valence-electron chi connectivity index (χ3n) is 7.03. The van der Waals surface area contributed by atoms with Gasteiger partial charge in [0.05, 0.1) is 5.54 Å². The lowest BCUT2D eigenvalue weighted by atomic mass is 9.62. The maximum absolute atomic E-state index is 4.81. The normalized spacial score (nSPS) is 31.2. The Kier molecular flexibility index (Phi) is 4.82. The number of likely N-dealkylation sites (tertiary alicyclic amines) is 1. The van der Waals surface area contributed by atoms with Crippen LogP contribution in [0.4, 0.5) is 0 Å². The van der Waals surface area contributed by atoms with E-state index in [1.807, 2.05) is 0 Å². The minimum absolute atomic E-state index is 0.175. The van der Waals surface area contributed by atoms with Crippen LogP contribution in [0.5, 0.6) is 0 Å².